The molecule has 0 aliphatic heterocycles. The summed E-state index contributed by atoms with van der Waals surface area (Å²) in [5.74, 6) is -2.10. The van der Waals surface area contributed by atoms with E-state index in [9.17, 15) is 19.5 Å². The van der Waals surface area contributed by atoms with E-state index in [2.05, 4.69) is 10.6 Å². The summed E-state index contributed by atoms with van der Waals surface area (Å²) >= 11 is 1.62. The van der Waals surface area contributed by atoms with E-state index in [0.717, 1.165) is 48.4 Å². The van der Waals surface area contributed by atoms with Crippen molar-refractivity contribution >= 4 is 39.7 Å². The van der Waals surface area contributed by atoms with Gasteiger partial charge in [-0.1, -0.05) is 25.0 Å². The molecule has 1 aromatic heterocycles. The van der Waals surface area contributed by atoms with Crippen molar-refractivity contribution < 1.29 is 19.5 Å². The lowest BCUT2D eigenvalue weighted by Gasteiger charge is -2.27. The average Bonchev–Trinajstić information content (AvgIpc) is 3.33. The van der Waals surface area contributed by atoms with E-state index in [1.165, 1.54) is 10.4 Å². The summed E-state index contributed by atoms with van der Waals surface area (Å²) in [5, 5.41) is 16.9. The topological polar surface area (TPSA) is 95.5 Å². The minimum Gasteiger partial charge on any atom is -0.481 e. The molecule has 1 amide bonds. The third kappa shape index (κ3) is 4.66. The summed E-state index contributed by atoms with van der Waals surface area (Å²) in [5.41, 5.74) is 3.91. The minimum absolute atomic E-state index is 0.0218. The number of anilines is 2. The van der Waals surface area contributed by atoms with Crippen LogP contribution in [-0.2, 0) is 29.0 Å². The highest BCUT2D eigenvalue weighted by atomic mass is 32.1. The third-order valence-corrected chi connectivity index (χ3v) is 7.68. The van der Waals surface area contributed by atoms with Gasteiger partial charge in [-0.05, 0) is 56.7 Å². The standard InChI is InChI=1S/C24H28N2O4S/c1-14(27)15-6-4-7-16(12-15)25-13-20-17-10-5-11-21(17)31-23(20)26-22(28)18-8-2-3-9-19(18)24(29)30/h4,6-7,12,18-19,25H,2-3,5,8-11,13H2,1H3,(H,26,28)(H,29,30). The second kappa shape index (κ2) is 9.22. The predicted octanol–water partition coefficient (Wildman–Crippen LogP) is 4.88. The molecule has 31 heavy (non-hydrogen) atoms. The van der Waals surface area contributed by atoms with Crippen LogP contribution in [-0.4, -0.2) is 22.8 Å². The van der Waals surface area contributed by atoms with Crippen LogP contribution in [0.25, 0.3) is 0 Å². The number of nitrogens with one attached hydrogen (secondary N) is 2. The number of aliphatic carboxylic acids is 1. The van der Waals surface area contributed by atoms with Crippen LogP contribution in [0.5, 0.6) is 0 Å². The van der Waals surface area contributed by atoms with Gasteiger partial charge in [0.2, 0.25) is 5.91 Å². The molecule has 6 nitrogen and oxygen atoms in total. The summed E-state index contributed by atoms with van der Waals surface area (Å²) in [6.45, 7) is 2.10. The Morgan fingerprint density at radius 1 is 1.10 bits per heavy atom. The van der Waals surface area contributed by atoms with Crippen LogP contribution in [0.4, 0.5) is 10.7 Å². The Kier molecular flexibility index (Phi) is 6.41. The number of rotatable bonds is 7. The molecule has 0 radical (unpaired) electrons. The van der Waals surface area contributed by atoms with Crippen molar-refractivity contribution in [2.24, 2.45) is 11.8 Å². The number of aryl methyl sites for hydroxylation is 1. The molecule has 2 aliphatic rings. The molecule has 7 heteroatoms. The molecule has 0 bridgehead atoms. The fraction of sp³-hybridized carbons (Fsp3) is 0.458. The highest BCUT2D eigenvalue weighted by Crippen LogP contribution is 2.40. The first kappa shape index (κ1) is 21.6. The van der Waals surface area contributed by atoms with Gasteiger partial charge in [0.15, 0.2) is 5.78 Å². The van der Waals surface area contributed by atoms with E-state index in [0.29, 0.717) is 24.9 Å². The largest absolute Gasteiger partial charge is 0.481 e. The van der Waals surface area contributed by atoms with Crippen molar-refractivity contribution in [3.8, 4) is 0 Å². The van der Waals surface area contributed by atoms with Crippen molar-refractivity contribution in [1.29, 1.82) is 0 Å². The van der Waals surface area contributed by atoms with Gasteiger partial charge in [0.1, 0.15) is 5.00 Å². The zero-order valence-corrected chi connectivity index (χ0v) is 18.5. The van der Waals surface area contributed by atoms with Gasteiger partial charge in [-0.15, -0.1) is 11.3 Å². The lowest BCUT2D eigenvalue weighted by molar-refractivity contribution is -0.147. The molecular formula is C24H28N2O4S. The maximum atomic E-state index is 13.0. The fourth-order valence-electron chi connectivity index (χ4n) is 4.74. The van der Waals surface area contributed by atoms with Gasteiger partial charge < -0.3 is 15.7 Å². The summed E-state index contributed by atoms with van der Waals surface area (Å²) in [6.07, 6.45) is 6.07. The second-order valence-electron chi connectivity index (χ2n) is 8.48. The van der Waals surface area contributed by atoms with E-state index in [-0.39, 0.29) is 11.7 Å². The molecule has 2 unspecified atom stereocenters. The van der Waals surface area contributed by atoms with E-state index in [1.807, 2.05) is 18.2 Å². The zero-order chi connectivity index (χ0) is 22.0. The first-order chi connectivity index (χ1) is 14.9. The zero-order valence-electron chi connectivity index (χ0n) is 17.7. The molecule has 1 heterocycles. The van der Waals surface area contributed by atoms with Crippen LogP contribution >= 0.6 is 11.3 Å². The molecule has 2 aromatic rings. The van der Waals surface area contributed by atoms with Crippen molar-refractivity contribution in [3.63, 3.8) is 0 Å². The van der Waals surface area contributed by atoms with Crippen LogP contribution < -0.4 is 10.6 Å². The molecule has 0 spiro atoms. The second-order valence-corrected chi connectivity index (χ2v) is 9.59. The van der Waals surface area contributed by atoms with Gasteiger partial charge in [0.05, 0.1) is 11.8 Å². The van der Waals surface area contributed by atoms with Gasteiger partial charge in [0.25, 0.3) is 0 Å². The SMILES string of the molecule is CC(=O)c1cccc(NCc2c(NC(=O)C3CCCCC3C(=O)O)sc3c2CCC3)c1. The summed E-state index contributed by atoms with van der Waals surface area (Å²) in [4.78, 5) is 37.6. The van der Waals surface area contributed by atoms with E-state index in [4.69, 9.17) is 0 Å². The van der Waals surface area contributed by atoms with Crippen LogP contribution in [0, 0.1) is 11.8 Å². The van der Waals surface area contributed by atoms with Gasteiger partial charge in [-0.25, -0.2) is 0 Å². The number of amides is 1. The van der Waals surface area contributed by atoms with E-state index >= 15 is 0 Å². The third-order valence-electron chi connectivity index (χ3n) is 6.43. The normalized spacial score (nSPS) is 20.2. The van der Waals surface area contributed by atoms with E-state index < -0.39 is 17.8 Å². The van der Waals surface area contributed by atoms with Crippen LogP contribution in [0.2, 0.25) is 0 Å². The Morgan fingerprint density at radius 3 is 2.61 bits per heavy atom. The molecule has 1 aromatic carbocycles. The minimum atomic E-state index is -0.874. The smallest absolute Gasteiger partial charge is 0.307 e. The molecular weight excluding hydrogens is 412 g/mol. The Balaban J connectivity index is 1.53. The lowest BCUT2D eigenvalue weighted by atomic mass is 9.79. The van der Waals surface area contributed by atoms with Gasteiger partial charge in [0, 0.05) is 28.2 Å². The Bertz CT molecular complexity index is 1010. The molecule has 164 valence electrons. The number of fused-ring (bicyclic) bond motifs is 1. The van der Waals surface area contributed by atoms with Crippen LogP contribution in [0.3, 0.4) is 0 Å². The van der Waals surface area contributed by atoms with Crippen LogP contribution in [0.1, 0.15) is 65.4 Å². The predicted molar refractivity (Wildman–Crippen MR) is 122 cm³/mol. The molecule has 1 fully saturated rings. The number of thiophene rings is 1. The number of carbonyl (C=O) groups excluding carboxylic acids is 2. The van der Waals surface area contributed by atoms with Crippen molar-refractivity contribution in [2.75, 3.05) is 10.6 Å². The molecule has 1 saturated carbocycles. The quantitative estimate of drug-likeness (QED) is 0.533. The number of Topliss-reactive ketones (excluding diaryl/α,β-unsaturated/α-hetero) is 1. The summed E-state index contributed by atoms with van der Waals surface area (Å²) < 4.78 is 0. The molecule has 2 atom stereocenters. The number of carboxylic acid groups (broad SMARTS) is 1. The molecule has 2 aliphatic carbocycles. The highest BCUT2D eigenvalue weighted by Gasteiger charge is 2.36. The Hall–Kier alpha value is -2.67. The van der Waals surface area contributed by atoms with Crippen LogP contribution in [0.15, 0.2) is 24.3 Å². The fourth-order valence-corrected chi connectivity index (χ4v) is 6.05. The molecule has 3 N–H and O–H groups in total. The number of carbonyl (C=O) groups is 3. The van der Waals surface area contributed by atoms with Gasteiger partial charge in [-0.2, -0.15) is 0 Å². The van der Waals surface area contributed by atoms with Gasteiger partial charge in [-0.3, -0.25) is 14.4 Å². The average molecular weight is 441 g/mol. The van der Waals surface area contributed by atoms with Crippen molar-refractivity contribution in [3.05, 3.63) is 45.8 Å². The molecule has 0 saturated heterocycles. The number of hydrogen-bond acceptors (Lipinski definition) is 5. The summed E-state index contributed by atoms with van der Waals surface area (Å²) in [6, 6.07) is 7.42. The Morgan fingerprint density at radius 2 is 1.87 bits per heavy atom. The number of benzene rings is 1. The van der Waals surface area contributed by atoms with Gasteiger partial charge >= 0.3 is 5.97 Å². The molecule has 4 rings (SSSR count). The highest BCUT2D eigenvalue weighted by molar-refractivity contribution is 7.16. The summed E-state index contributed by atoms with van der Waals surface area (Å²) in [7, 11) is 0. The van der Waals surface area contributed by atoms with Crippen molar-refractivity contribution in [1.82, 2.24) is 0 Å². The maximum Gasteiger partial charge on any atom is 0.307 e. The number of hydrogen-bond donors (Lipinski definition) is 3. The number of ketones is 1. The maximum absolute atomic E-state index is 13.0. The first-order valence-corrected chi connectivity index (χ1v) is 11.8. The van der Waals surface area contributed by atoms with E-state index in [1.54, 1.807) is 24.3 Å². The monoisotopic (exact) mass is 440 g/mol. The number of carboxylic acids is 1. The Labute approximate surface area is 186 Å². The van der Waals surface area contributed by atoms with Crippen molar-refractivity contribution in [2.45, 2.75) is 58.4 Å². The lowest BCUT2D eigenvalue weighted by Crippen LogP contribution is -2.36. The first-order valence-electron chi connectivity index (χ1n) is 11.0.